The highest BCUT2D eigenvalue weighted by atomic mass is 35.5. The quantitative estimate of drug-likeness (QED) is 0.389. The largest absolute Gasteiger partial charge is 0.455 e. The summed E-state index contributed by atoms with van der Waals surface area (Å²) >= 11 is 7.41. The minimum Gasteiger partial charge on any atom is -0.455 e. The molecule has 0 aliphatic rings. The summed E-state index contributed by atoms with van der Waals surface area (Å²) in [6, 6.07) is 6.82. The highest BCUT2D eigenvalue weighted by Crippen LogP contribution is 2.27. The van der Waals surface area contributed by atoms with E-state index < -0.39 is 5.91 Å². The number of hydrogen-bond acceptors (Lipinski definition) is 5. The third-order valence-electron chi connectivity index (χ3n) is 2.09. The maximum Gasteiger partial charge on any atom is 0.300 e. The number of nitrogen functional groups attached to an aromatic ring is 1. The lowest BCUT2D eigenvalue weighted by molar-refractivity contribution is 0.0924. The van der Waals surface area contributed by atoms with Crippen LogP contribution in [-0.2, 0) is 5.75 Å². The van der Waals surface area contributed by atoms with Gasteiger partial charge in [-0.3, -0.25) is 10.2 Å². The van der Waals surface area contributed by atoms with E-state index in [2.05, 4.69) is 4.98 Å². The number of carbonyl (C=O) groups excluding carboxylic acids is 1. The van der Waals surface area contributed by atoms with Gasteiger partial charge in [-0.25, -0.2) is 10.8 Å². The van der Waals surface area contributed by atoms with Crippen LogP contribution in [-0.4, -0.2) is 10.9 Å². The zero-order chi connectivity index (χ0) is 13.0. The molecule has 0 aliphatic heterocycles. The summed E-state index contributed by atoms with van der Waals surface area (Å²) in [7, 11) is 0. The molecule has 0 radical (unpaired) electrons. The number of furan rings is 1. The summed E-state index contributed by atoms with van der Waals surface area (Å²) < 4.78 is 5.31. The molecule has 2 heterocycles. The van der Waals surface area contributed by atoms with Crippen molar-refractivity contribution in [1.82, 2.24) is 10.4 Å². The van der Waals surface area contributed by atoms with E-state index in [1.54, 1.807) is 30.5 Å². The number of amides is 1. The number of nitrogens with zero attached hydrogens (tertiary/aromatic N) is 1. The van der Waals surface area contributed by atoms with E-state index in [0.717, 1.165) is 5.03 Å². The second-order valence-electron chi connectivity index (χ2n) is 3.32. The van der Waals surface area contributed by atoms with Crippen LogP contribution in [0.25, 0.3) is 0 Å². The van der Waals surface area contributed by atoms with Gasteiger partial charge in [-0.15, -0.1) is 0 Å². The van der Waals surface area contributed by atoms with Gasteiger partial charge in [-0.1, -0.05) is 23.4 Å². The van der Waals surface area contributed by atoms with E-state index in [-0.39, 0.29) is 5.76 Å². The summed E-state index contributed by atoms with van der Waals surface area (Å²) in [6.07, 6.45) is 1.67. The fourth-order valence-corrected chi connectivity index (χ4v) is 2.33. The van der Waals surface area contributed by atoms with E-state index in [0.29, 0.717) is 16.5 Å². The van der Waals surface area contributed by atoms with E-state index >= 15 is 0 Å². The Kier molecular flexibility index (Phi) is 4.24. The number of pyridine rings is 1. The minimum absolute atomic E-state index is 0.181. The van der Waals surface area contributed by atoms with Gasteiger partial charge in [0.25, 0.3) is 0 Å². The monoisotopic (exact) mass is 283 g/mol. The van der Waals surface area contributed by atoms with E-state index in [9.17, 15) is 4.79 Å². The molecule has 1 amide bonds. The Morgan fingerprint density at radius 2 is 2.33 bits per heavy atom. The Morgan fingerprint density at radius 1 is 1.50 bits per heavy atom. The van der Waals surface area contributed by atoms with Crippen molar-refractivity contribution in [1.29, 1.82) is 0 Å². The van der Waals surface area contributed by atoms with Crippen molar-refractivity contribution < 1.29 is 9.21 Å². The molecule has 0 fully saturated rings. The maximum atomic E-state index is 11.2. The van der Waals surface area contributed by atoms with E-state index in [1.165, 1.54) is 11.8 Å². The molecule has 0 aliphatic carbocycles. The summed E-state index contributed by atoms with van der Waals surface area (Å²) in [4.78, 5) is 15.3. The fourth-order valence-electron chi connectivity index (χ4n) is 1.27. The molecule has 2 aromatic rings. The first-order valence-corrected chi connectivity index (χ1v) is 6.40. The van der Waals surface area contributed by atoms with Gasteiger partial charge in [0.05, 0.1) is 10.8 Å². The lowest BCUT2D eigenvalue weighted by atomic mass is 10.4. The SMILES string of the molecule is NNC(=O)c1ccc(CSc2ncccc2Cl)o1. The number of aromatic nitrogens is 1. The molecule has 0 saturated heterocycles. The molecule has 94 valence electrons. The number of rotatable bonds is 4. The number of hydrogen-bond donors (Lipinski definition) is 2. The van der Waals surface area contributed by atoms with Crippen molar-refractivity contribution >= 4 is 29.3 Å². The molecule has 2 rings (SSSR count). The second-order valence-corrected chi connectivity index (χ2v) is 4.69. The molecule has 3 N–H and O–H groups in total. The first kappa shape index (κ1) is 12.9. The summed E-state index contributed by atoms with van der Waals surface area (Å²) in [5, 5.41) is 1.31. The Balaban J connectivity index is 2.01. The van der Waals surface area contributed by atoms with Crippen LogP contribution in [0.1, 0.15) is 16.3 Å². The highest BCUT2D eigenvalue weighted by molar-refractivity contribution is 7.98. The van der Waals surface area contributed by atoms with Crippen molar-refractivity contribution in [3.05, 3.63) is 47.0 Å². The van der Waals surface area contributed by atoms with Crippen LogP contribution < -0.4 is 11.3 Å². The lowest BCUT2D eigenvalue weighted by Crippen LogP contribution is -2.29. The van der Waals surface area contributed by atoms with Crippen molar-refractivity contribution in [2.45, 2.75) is 10.8 Å². The number of hydrazine groups is 1. The van der Waals surface area contributed by atoms with Gasteiger partial charge < -0.3 is 4.42 Å². The van der Waals surface area contributed by atoms with Gasteiger partial charge in [0, 0.05) is 6.20 Å². The average molecular weight is 284 g/mol. The zero-order valence-corrected chi connectivity index (χ0v) is 10.8. The summed E-state index contributed by atoms with van der Waals surface area (Å²) in [5.74, 6) is 5.92. The van der Waals surface area contributed by atoms with Crippen LogP contribution in [0, 0.1) is 0 Å². The first-order valence-electron chi connectivity index (χ1n) is 5.03. The van der Waals surface area contributed by atoms with Crippen LogP contribution >= 0.6 is 23.4 Å². The number of nitrogens with two attached hydrogens (primary N) is 1. The number of thioether (sulfide) groups is 1. The van der Waals surface area contributed by atoms with Crippen molar-refractivity contribution in [2.75, 3.05) is 0 Å². The third-order valence-corrected chi connectivity index (χ3v) is 3.54. The minimum atomic E-state index is -0.456. The van der Waals surface area contributed by atoms with Crippen molar-refractivity contribution in [2.24, 2.45) is 5.84 Å². The van der Waals surface area contributed by atoms with Gasteiger partial charge in [-0.05, 0) is 24.3 Å². The number of carbonyl (C=O) groups is 1. The molecular weight excluding hydrogens is 274 g/mol. The standard InChI is InChI=1S/C11H10ClN3O2S/c12-8-2-1-5-14-11(8)18-6-7-3-4-9(17-7)10(16)15-13/h1-5H,6,13H2,(H,15,16). The van der Waals surface area contributed by atoms with E-state index in [4.69, 9.17) is 21.9 Å². The Bertz CT molecular complexity index is 559. The second kappa shape index (κ2) is 5.90. The third kappa shape index (κ3) is 3.04. The molecule has 0 spiro atoms. The zero-order valence-electron chi connectivity index (χ0n) is 9.22. The molecule has 0 bridgehead atoms. The Hall–Kier alpha value is -1.50. The van der Waals surface area contributed by atoms with Crippen LogP contribution in [0.15, 0.2) is 39.9 Å². The average Bonchev–Trinajstić information content (AvgIpc) is 2.86. The molecule has 0 atom stereocenters. The van der Waals surface area contributed by atoms with Gasteiger partial charge in [0.1, 0.15) is 10.8 Å². The van der Waals surface area contributed by atoms with E-state index in [1.807, 2.05) is 5.43 Å². The van der Waals surface area contributed by atoms with Crippen LogP contribution in [0.3, 0.4) is 0 Å². The molecule has 0 unspecified atom stereocenters. The summed E-state index contributed by atoms with van der Waals surface area (Å²) in [6.45, 7) is 0. The smallest absolute Gasteiger partial charge is 0.300 e. The predicted octanol–water partition coefficient (Wildman–Crippen LogP) is 2.22. The number of halogens is 1. The topological polar surface area (TPSA) is 81.1 Å². The van der Waals surface area contributed by atoms with Crippen LogP contribution in [0.2, 0.25) is 5.02 Å². The molecule has 5 nitrogen and oxygen atoms in total. The Labute approximate surface area is 113 Å². The van der Waals surface area contributed by atoms with Crippen molar-refractivity contribution in [3.63, 3.8) is 0 Å². The molecule has 18 heavy (non-hydrogen) atoms. The van der Waals surface area contributed by atoms with Gasteiger partial charge in [-0.2, -0.15) is 0 Å². The fraction of sp³-hybridized carbons (Fsp3) is 0.0909. The van der Waals surface area contributed by atoms with Gasteiger partial charge >= 0.3 is 5.91 Å². The Morgan fingerprint density at radius 3 is 3.06 bits per heavy atom. The lowest BCUT2D eigenvalue weighted by Gasteiger charge is -2.00. The van der Waals surface area contributed by atoms with Gasteiger partial charge in [0.15, 0.2) is 5.76 Å². The molecule has 0 saturated carbocycles. The maximum absolute atomic E-state index is 11.2. The van der Waals surface area contributed by atoms with Gasteiger partial charge in [0.2, 0.25) is 0 Å². The van der Waals surface area contributed by atoms with Crippen LogP contribution in [0.5, 0.6) is 0 Å². The molecule has 7 heteroatoms. The normalized spacial score (nSPS) is 10.3. The highest BCUT2D eigenvalue weighted by Gasteiger charge is 2.10. The summed E-state index contributed by atoms with van der Waals surface area (Å²) in [5.41, 5.74) is 2.00. The molecular formula is C11H10ClN3O2S. The predicted molar refractivity (Wildman–Crippen MR) is 69.2 cm³/mol. The van der Waals surface area contributed by atoms with Crippen molar-refractivity contribution in [3.8, 4) is 0 Å². The first-order chi connectivity index (χ1) is 8.70. The van der Waals surface area contributed by atoms with Crippen LogP contribution in [0.4, 0.5) is 0 Å². The number of nitrogens with one attached hydrogen (secondary N) is 1. The molecule has 0 aromatic carbocycles. The molecule has 2 aromatic heterocycles.